The summed E-state index contributed by atoms with van der Waals surface area (Å²) < 4.78 is 39.7. The lowest BCUT2D eigenvalue weighted by atomic mass is 10.3. The second-order valence-electron chi connectivity index (χ2n) is 5.46. The number of nitrogens with one attached hydrogen (secondary N) is 4. The lowest BCUT2D eigenvalue weighted by Gasteiger charge is -2.15. The Bertz CT molecular complexity index is 794. The van der Waals surface area contributed by atoms with Crippen molar-refractivity contribution < 1.29 is 27.2 Å². The Labute approximate surface area is 143 Å². The molecule has 0 spiro atoms. The topological polar surface area (TPSA) is 133 Å². The fourth-order valence-electron chi connectivity index (χ4n) is 1.77. The van der Waals surface area contributed by atoms with Crippen LogP contribution in [-0.4, -0.2) is 38.2 Å². The van der Waals surface area contributed by atoms with E-state index in [1.807, 2.05) is 15.6 Å². The van der Waals surface area contributed by atoms with Gasteiger partial charge in [-0.25, -0.2) is 12.8 Å². The van der Waals surface area contributed by atoms with Crippen molar-refractivity contribution in [2.24, 2.45) is 0 Å². The highest BCUT2D eigenvalue weighted by atomic mass is 32.2. The molecule has 1 aliphatic rings. The smallest absolute Gasteiger partial charge is 0.327 e. The highest BCUT2D eigenvalue weighted by Crippen LogP contribution is 2.18. The van der Waals surface area contributed by atoms with E-state index in [1.165, 1.54) is 19.1 Å². The fourth-order valence-corrected chi connectivity index (χ4v) is 3.06. The van der Waals surface area contributed by atoms with Crippen LogP contribution in [0.4, 0.5) is 4.39 Å². The van der Waals surface area contributed by atoms with Crippen LogP contribution in [0.2, 0.25) is 0 Å². The van der Waals surface area contributed by atoms with E-state index in [-0.39, 0.29) is 6.04 Å². The zero-order valence-electron chi connectivity index (χ0n) is 13.2. The molecule has 1 aromatic rings. The molecule has 0 heterocycles. The fraction of sp³-hybridized carbons (Fsp3) is 0.357. The summed E-state index contributed by atoms with van der Waals surface area (Å²) in [6.45, 7) is 1.20. The first kappa shape index (κ1) is 18.8. The van der Waals surface area contributed by atoms with Crippen LogP contribution in [0.25, 0.3) is 0 Å². The number of hydrogen-bond donors (Lipinski definition) is 4. The van der Waals surface area contributed by atoms with Crippen LogP contribution in [0.1, 0.15) is 19.8 Å². The van der Waals surface area contributed by atoms with Crippen LogP contribution in [-0.2, 0) is 24.4 Å². The molecule has 136 valence electrons. The molecule has 3 amide bonds. The van der Waals surface area contributed by atoms with Crippen LogP contribution >= 0.6 is 0 Å². The van der Waals surface area contributed by atoms with Crippen molar-refractivity contribution in [2.75, 3.05) is 0 Å². The summed E-state index contributed by atoms with van der Waals surface area (Å²) in [6.07, 6.45) is 1.58. The molecule has 11 heteroatoms. The molecule has 1 aromatic carbocycles. The summed E-state index contributed by atoms with van der Waals surface area (Å²) in [7, 11) is -4.28. The maximum atomic E-state index is 13.6. The van der Waals surface area contributed by atoms with E-state index in [0.29, 0.717) is 0 Å². The van der Waals surface area contributed by atoms with Gasteiger partial charge in [-0.3, -0.25) is 25.2 Å². The lowest BCUT2D eigenvalue weighted by molar-refractivity contribution is -0.141. The molecule has 0 saturated heterocycles. The van der Waals surface area contributed by atoms with Crippen LogP contribution in [0, 0.1) is 5.82 Å². The molecule has 2 rings (SSSR count). The highest BCUT2D eigenvalue weighted by molar-refractivity contribution is 7.89. The number of carbonyl (C=O) groups is 3. The molecule has 1 fully saturated rings. The van der Waals surface area contributed by atoms with Gasteiger partial charge < -0.3 is 5.32 Å². The van der Waals surface area contributed by atoms with Gasteiger partial charge >= 0.3 is 11.8 Å². The minimum Gasteiger partial charge on any atom is -0.345 e. The maximum absolute atomic E-state index is 13.6. The molecular formula is C14H17FN4O5S. The van der Waals surface area contributed by atoms with Gasteiger partial charge in [0, 0.05) is 6.04 Å². The Morgan fingerprint density at radius 2 is 1.76 bits per heavy atom. The number of hydrogen-bond acceptors (Lipinski definition) is 5. The third kappa shape index (κ3) is 5.22. The van der Waals surface area contributed by atoms with Crippen molar-refractivity contribution in [2.45, 2.75) is 36.7 Å². The number of sulfonamides is 1. The van der Waals surface area contributed by atoms with Crippen molar-refractivity contribution in [3.63, 3.8) is 0 Å². The van der Waals surface area contributed by atoms with Gasteiger partial charge in [-0.05, 0) is 31.9 Å². The number of carbonyl (C=O) groups excluding carboxylic acids is 3. The third-order valence-electron chi connectivity index (χ3n) is 3.27. The molecule has 0 radical (unpaired) electrons. The van der Waals surface area contributed by atoms with Crippen molar-refractivity contribution >= 4 is 27.7 Å². The quantitative estimate of drug-likeness (QED) is 0.385. The average Bonchev–Trinajstić information content (AvgIpc) is 3.35. The molecule has 25 heavy (non-hydrogen) atoms. The summed E-state index contributed by atoms with van der Waals surface area (Å²) in [6, 6.07) is 3.33. The number of hydrazine groups is 1. The molecule has 0 bridgehead atoms. The molecule has 1 aliphatic carbocycles. The SMILES string of the molecule is C[C@@H](NS(=O)(=O)c1ccccc1F)C(=O)NNC(=O)C(=O)NC1CC1. The van der Waals surface area contributed by atoms with Crippen LogP contribution in [0.3, 0.4) is 0 Å². The predicted molar refractivity (Wildman–Crippen MR) is 83.6 cm³/mol. The Morgan fingerprint density at radius 3 is 2.36 bits per heavy atom. The molecule has 1 atom stereocenters. The van der Waals surface area contributed by atoms with E-state index >= 15 is 0 Å². The zero-order valence-corrected chi connectivity index (χ0v) is 14.0. The normalized spacial score (nSPS) is 15.1. The number of halogens is 1. The lowest BCUT2D eigenvalue weighted by Crippen LogP contribution is -2.54. The molecule has 0 aromatic heterocycles. The van der Waals surface area contributed by atoms with E-state index in [4.69, 9.17) is 0 Å². The third-order valence-corrected chi connectivity index (χ3v) is 4.84. The van der Waals surface area contributed by atoms with Gasteiger partial charge in [0.15, 0.2) is 0 Å². The molecule has 9 nitrogen and oxygen atoms in total. The second-order valence-corrected chi connectivity index (χ2v) is 7.15. The Morgan fingerprint density at radius 1 is 1.12 bits per heavy atom. The molecule has 0 unspecified atom stereocenters. The van der Waals surface area contributed by atoms with Gasteiger partial charge in [-0.1, -0.05) is 12.1 Å². The van der Waals surface area contributed by atoms with E-state index in [2.05, 4.69) is 5.32 Å². The first-order valence-electron chi connectivity index (χ1n) is 7.38. The summed E-state index contributed by atoms with van der Waals surface area (Å²) in [5.74, 6) is -3.87. The summed E-state index contributed by atoms with van der Waals surface area (Å²) in [5, 5.41) is 2.42. The van der Waals surface area contributed by atoms with Gasteiger partial charge in [0.25, 0.3) is 5.91 Å². The molecule has 0 aliphatic heterocycles. The highest BCUT2D eigenvalue weighted by Gasteiger charge is 2.28. The van der Waals surface area contributed by atoms with Gasteiger partial charge in [0.05, 0.1) is 6.04 Å². The first-order valence-corrected chi connectivity index (χ1v) is 8.86. The monoisotopic (exact) mass is 372 g/mol. The minimum absolute atomic E-state index is 0.0274. The summed E-state index contributed by atoms with van der Waals surface area (Å²) >= 11 is 0. The van der Waals surface area contributed by atoms with Crippen molar-refractivity contribution in [1.29, 1.82) is 0 Å². The van der Waals surface area contributed by atoms with Crippen LogP contribution in [0.15, 0.2) is 29.2 Å². The largest absolute Gasteiger partial charge is 0.345 e. The molecule has 4 N–H and O–H groups in total. The number of rotatable bonds is 5. The Kier molecular flexibility index (Phi) is 5.69. The van der Waals surface area contributed by atoms with E-state index in [9.17, 15) is 27.2 Å². The second kappa shape index (κ2) is 7.57. The van der Waals surface area contributed by atoms with Crippen LogP contribution < -0.4 is 20.9 Å². The van der Waals surface area contributed by atoms with Crippen molar-refractivity contribution in [3.8, 4) is 0 Å². The first-order chi connectivity index (χ1) is 11.7. The Balaban J connectivity index is 1.88. The Hall–Kier alpha value is -2.53. The predicted octanol–water partition coefficient (Wildman–Crippen LogP) is -1.08. The molecule has 1 saturated carbocycles. The van der Waals surface area contributed by atoms with Crippen LogP contribution in [0.5, 0.6) is 0 Å². The van der Waals surface area contributed by atoms with Crippen molar-refractivity contribution in [1.82, 2.24) is 20.9 Å². The van der Waals surface area contributed by atoms with E-state index < -0.39 is 44.5 Å². The van der Waals surface area contributed by atoms with Crippen molar-refractivity contribution in [3.05, 3.63) is 30.1 Å². The van der Waals surface area contributed by atoms with Gasteiger partial charge in [-0.15, -0.1) is 0 Å². The van der Waals surface area contributed by atoms with E-state index in [1.54, 1.807) is 0 Å². The van der Waals surface area contributed by atoms with Gasteiger partial charge in [0.2, 0.25) is 10.0 Å². The number of amides is 3. The van der Waals surface area contributed by atoms with E-state index in [0.717, 1.165) is 25.0 Å². The number of benzene rings is 1. The maximum Gasteiger partial charge on any atom is 0.327 e. The molecular weight excluding hydrogens is 355 g/mol. The van der Waals surface area contributed by atoms with Gasteiger partial charge in [0.1, 0.15) is 10.7 Å². The zero-order chi connectivity index (χ0) is 18.6. The summed E-state index contributed by atoms with van der Waals surface area (Å²) in [4.78, 5) is 34.1. The average molecular weight is 372 g/mol. The van der Waals surface area contributed by atoms with Gasteiger partial charge in [-0.2, -0.15) is 4.72 Å². The minimum atomic E-state index is -4.28. The summed E-state index contributed by atoms with van der Waals surface area (Å²) in [5.41, 5.74) is 3.80. The standard InChI is InChI=1S/C14H17FN4O5S/c1-8(19-25(23,24)11-5-3-2-4-10(11)15)12(20)17-18-14(22)13(21)16-9-6-7-9/h2-5,8-9,19H,6-7H2,1H3,(H,16,21)(H,17,20)(H,18,22)/t8-/m1/s1.